The fourth-order valence-corrected chi connectivity index (χ4v) is 3.09. The number of carbonyl (C=O) groups is 2. The van der Waals surface area contributed by atoms with Crippen molar-refractivity contribution < 1.29 is 23.1 Å². The van der Waals surface area contributed by atoms with Gasteiger partial charge in [0.2, 0.25) is 0 Å². The van der Waals surface area contributed by atoms with Crippen molar-refractivity contribution in [3.8, 4) is 0 Å². The van der Waals surface area contributed by atoms with E-state index in [9.17, 15) is 18.4 Å². The summed E-state index contributed by atoms with van der Waals surface area (Å²) in [5, 5.41) is 0.651. The Kier molecular flexibility index (Phi) is 5.91. The smallest absolute Gasteiger partial charge is 0.338 e. The standard InChI is InChI=1S/C19H17ClF2N2O3/c20-14-3-1-2-4-17(14)23-7-9-24(10-8-23)18(25)12-27-19(26)13-5-6-15(21)16(22)11-13/h1-6,11H,7-10,12H2. The van der Waals surface area contributed by atoms with E-state index in [1.54, 1.807) is 4.90 Å². The molecular formula is C19H17ClF2N2O3. The van der Waals surface area contributed by atoms with E-state index >= 15 is 0 Å². The Balaban J connectivity index is 1.50. The number of para-hydroxylation sites is 1. The molecule has 1 aliphatic heterocycles. The number of esters is 1. The summed E-state index contributed by atoms with van der Waals surface area (Å²) in [5.41, 5.74) is 0.765. The lowest BCUT2D eigenvalue weighted by Gasteiger charge is -2.36. The number of halogens is 3. The molecular weight excluding hydrogens is 378 g/mol. The molecule has 0 radical (unpaired) electrons. The summed E-state index contributed by atoms with van der Waals surface area (Å²) in [6, 6.07) is 10.2. The van der Waals surface area contributed by atoms with Gasteiger partial charge in [0.05, 0.1) is 16.3 Å². The second-order valence-corrected chi connectivity index (χ2v) is 6.43. The molecule has 3 rings (SSSR count). The van der Waals surface area contributed by atoms with E-state index in [-0.39, 0.29) is 11.5 Å². The van der Waals surface area contributed by atoms with Crippen molar-refractivity contribution in [2.45, 2.75) is 0 Å². The Morgan fingerprint density at radius 1 is 1.00 bits per heavy atom. The molecule has 0 unspecified atom stereocenters. The summed E-state index contributed by atoms with van der Waals surface area (Å²) in [6.07, 6.45) is 0. The number of amides is 1. The summed E-state index contributed by atoms with van der Waals surface area (Å²) >= 11 is 6.19. The van der Waals surface area contributed by atoms with Crippen molar-refractivity contribution in [2.75, 3.05) is 37.7 Å². The molecule has 0 N–H and O–H groups in total. The Morgan fingerprint density at radius 3 is 2.37 bits per heavy atom. The van der Waals surface area contributed by atoms with Crippen LogP contribution in [0.15, 0.2) is 42.5 Å². The van der Waals surface area contributed by atoms with Crippen molar-refractivity contribution in [2.24, 2.45) is 0 Å². The summed E-state index contributed by atoms with van der Waals surface area (Å²) in [7, 11) is 0. The molecule has 1 heterocycles. The lowest BCUT2D eigenvalue weighted by atomic mass is 10.2. The monoisotopic (exact) mass is 394 g/mol. The highest BCUT2D eigenvalue weighted by Gasteiger charge is 2.23. The van der Waals surface area contributed by atoms with Crippen molar-refractivity contribution in [3.63, 3.8) is 0 Å². The van der Waals surface area contributed by atoms with Gasteiger partial charge in [-0.2, -0.15) is 0 Å². The number of rotatable bonds is 4. The summed E-state index contributed by atoms with van der Waals surface area (Å²) < 4.78 is 31.0. The predicted molar refractivity (Wildman–Crippen MR) is 96.9 cm³/mol. The first-order chi connectivity index (χ1) is 13.0. The average Bonchev–Trinajstić information content (AvgIpc) is 2.68. The zero-order chi connectivity index (χ0) is 19.4. The molecule has 0 saturated carbocycles. The number of carbonyl (C=O) groups excluding carboxylic acids is 2. The molecule has 2 aromatic carbocycles. The highest BCUT2D eigenvalue weighted by Crippen LogP contribution is 2.26. The van der Waals surface area contributed by atoms with Crippen LogP contribution in [0.1, 0.15) is 10.4 Å². The van der Waals surface area contributed by atoms with Gasteiger partial charge in [-0.05, 0) is 30.3 Å². The number of piperazine rings is 1. The summed E-state index contributed by atoms with van der Waals surface area (Å²) in [5.74, 6) is -3.42. The Bertz CT molecular complexity index is 855. The molecule has 1 amide bonds. The molecule has 0 aliphatic carbocycles. The molecule has 8 heteroatoms. The van der Waals surface area contributed by atoms with E-state index < -0.39 is 24.2 Å². The molecule has 27 heavy (non-hydrogen) atoms. The Hall–Kier alpha value is -2.67. The van der Waals surface area contributed by atoms with Gasteiger partial charge in [-0.25, -0.2) is 13.6 Å². The molecule has 0 atom stereocenters. The van der Waals surface area contributed by atoms with E-state index in [4.69, 9.17) is 16.3 Å². The van der Waals surface area contributed by atoms with Gasteiger partial charge in [0, 0.05) is 26.2 Å². The van der Waals surface area contributed by atoms with Crippen LogP contribution in [0.3, 0.4) is 0 Å². The quantitative estimate of drug-likeness (QED) is 0.748. The van der Waals surface area contributed by atoms with Gasteiger partial charge in [0.25, 0.3) is 5.91 Å². The third-order valence-electron chi connectivity index (χ3n) is 4.31. The molecule has 1 saturated heterocycles. The maximum absolute atomic E-state index is 13.2. The van der Waals surface area contributed by atoms with Gasteiger partial charge in [0.1, 0.15) is 0 Å². The minimum absolute atomic E-state index is 0.148. The number of hydrogen-bond donors (Lipinski definition) is 0. The molecule has 5 nitrogen and oxygen atoms in total. The van der Waals surface area contributed by atoms with Crippen molar-refractivity contribution in [1.82, 2.24) is 4.90 Å². The van der Waals surface area contributed by atoms with E-state index in [0.29, 0.717) is 31.2 Å². The van der Waals surface area contributed by atoms with Gasteiger partial charge in [-0.1, -0.05) is 23.7 Å². The van der Waals surface area contributed by atoms with Gasteiger partial charge in [0.15, 0.2) is 18.2 Å². The average molecular weight is 395 g/mol. The van der Waals surface area contributed by atoms with Crippen LogP contribution in [0.5, 0.6) is 0 Å². The van der Waals surface area contributed by atoms with Crippen LogP contribution in [0.25, 0.3) is 0 Å². The maximum atomic E-state index is 13.2. The van der Waals surface area contributed by atoms with Crippen LogP contribution in [-0.2, 0) is 9.53 Å². The van der Waals surface area contributed by atoms with Crippen LogP contribution < -0.4 is 4.90 Å². The van der Waals surface area contributed by atoms with Gasteiger partial charge in [-0.15, -0.1) is 0 Å². The molecule has 142 valence electrons. The van der Waals surface area contributed by atoms with Gasteiger partial charge in [-0.3, -0.25) is 4.79 Å². The van der Waals surface area contributed by atoms with Crippen LogP contribution in [-0.4, -0.2) is 49.6 Å². The topological polar surface area (TPSA) is 49.9 Å². The maximum Gasteiger partial charge on any atom is 0.338 e. The molecule has 0 aromatic heterocycles. The van der Waals surface area contributed by atoms with E-state index in [2.05, 4.69) is 4.90 Å². The normalized spacial score (nSPS) is 14.2. The van der Waals surface area contributed by atoms with Crippen molar-refractivity contribution in [3.05, 3.63) is 64.7 Å². The number of ether oxygens (including phenoxy) is 1. The lowest BCUT2D eigenvalue weighted by Crippen LogP contribution is -2.50. The zero-order valence-corrected chi connectivity index (χ0v) is 15.1. The van der Waals surface area contributed by atoms with Gasteiger partial charge < -0.3 is 14.5 Å². The largest absolute Gasteiger partial charge is 0.452 e. The highest BCUT2D eigenvalue weighted by atomic mass is 35.5. The number of anilines is 1. The third-order valence-corrected chi connectivity index (χ3v) is 4.63. The minimum Gasteiger partial charge on any atom is -0.452 e. The van der Waals surface area contributed by atoms with E-state index in [0.717, 1.165) is 23.9 Å². The number of nitrogens with zero attached hydrogens (tertiary/aromatic N) is 2. The fourth-order valence-electron chi connectivity index (χ4n) is 2.83. The molecule has 0 bridgehead atoms. The van der Waals surface area contributed by atoms with Crippen LogP contribution in [0.4, 0.5) is 14.5 Å². The Labute approximate surface area is 160 Å². The molecule has 1 fully saturated rings. The molecule has 2 aromatic rings. The predicted octanol–water partition coefficient (Wildman–Crippen LogP) is 3.12. The van der Waals surface area contributed by atoms with Crippen LogP contribution in [0, 0.1) is 11.6 Å². The highest BCUT2D eigenvalue weighted by molar-refractivity contribution is 6.33. The van der Waals surface area contributed by atoms with Crippen molar-refractivity contribution >= 4 is 29.2 Å². The summed E-state index contributed by atoms with van der Waals surface area (Å²) in [6.45, 7) is 1.68. The zero-order valence-electron chi connectivity index (χ0n) is 14.3. The summed E-state index contributed by atoms with van der Waals surface area (Å²) in [4.78, 5) is 27.8. The molecule has 0 spiro atoms. The first-order valence-electron chi connectivity index (χ1n) is 8.35. The van der Waals surface area contributed by atoms with E-state index in [1.807, 2.05) is 24.3 Å². The van der Waals surface area contributed by atoms with Crippen LogP contribution in [0.2, 0.25) is 5.02 Å². The number of benzene rings is 2. The second-order valence-electron chi connectivity index (χ2n) is 6.02. The minimum atomic E-state index is -1.15. The lowest BCUT2D eigenvalue weighted by molar-refractivity contribution is -0.134. The first kappa shape index (κ1) is 19.1. The Morgan fingerprint density at radius 2 is 1.70 bits per heavy atom. The van der Waals surface area contributed by atoms with E-state index in [1.165, 1.54) is 0 Å². The van der Waals surface area contributed by atoms with Crippen LogP contribution >= 0.6 is 11.6 Å². The fraction of sp³-hybridized carbons (Fsp3) is 0.263. The molecule has 1 aliphatic rings. The third kappa shape index (κ3) is 4.54. The second kappa shape index (κ2) is 8.35. The van der Waals surface area contributed by atoms with Gasteiger partial charge >= 0.3 is 5.97 Å². The SMILES string of the molecule is O=C(OCC(=O)N1CCN(c2ccccc2Cl)CC1)c1ccc(F)c(F)c1. The van der Waals surface area contributed by atoms with Crippen molar-refractivity contribution in [1.29, 1.82) is 0 Å². The number of hydrogen-bond acceptors (Lipinski definition) is 4. The first-order valence-corrected chi connectivity index (χ1v) is 8.73.